The Morgan fingerprint density at radius 3 is 2.46 bits per heavy atom. The van der Waals surface area contributed by atoms with Gasteiger partial charge in [0, 0.05) is 11.8 Å². The summed E-state index contributed by atoms with van der Waals surface area (Å²) in [6, 6.07) is 5.20. The first-order chi connectivity index (χ1) is 11.0. The highest BCUT2D eigenvalue weighted by molar-refractivity contribution is 5.91. The van der Waals surface area contributed by atoms with Crippen molar-refractivity contribution in [2.24, 2.45) is 0 Å². The van der Waals surface area contributed by atoms with Crippen LogP contribution < -0.4 is 5.32 Å². The Balaban J connectivity index is 2.09. The summed E-state index contributed by atoms with van der Waals surface area (Å²) in [6.07, 6.45) is -4.79. The fourth-order valence-corrected chi connectivity index (χ4v) is 2.30. The van der Waals surface area contributed by atoms with Crippen LogP contribution in [-0.4, -0.2) is 20.7 Å². The van der Waals surface area contributed by atoms with E-state index >= 15 is 0 Å². The summed E-state index contributed by atoms with van der Waals surface area (Å²) >= 11 is 0. The Labute approximate surface area is 137 Å². The first kappa shape index (κ1) is 18.0. The zero-order valence-corrected chi connectivity index (χ0v) is 13.9. The van der Waals surface area contributed by atoms with E-state index in [0.717, 1.165) is 11.8 Å². The van der Waals surface area contributed by atoms with Gasteiger partial charge in [0.25, 0.3) is 0 Å². The van der Waals surface area contributed by atoms with Gasteiger partial charge in [0.05, 0.1) is 17.7 Å². The third kappa shape index (κ3) is 4.33. The Morgan fingerprint density at radius 2 is 1.92 bits per heavy atom. The molecule has 0 spiro atoms. The molecule has 0 unspecified atom stereocenters. The quantitative estimate of drug-likeness (QED) is 0.930. The highest BCUT2D eigenvalue weighted by atomic mass is 19.4. The fraction of sp³-hybridized carbons (Fsp3) is 0.438. The van der Waals surface area contributed by atoms with E-state index in [1.807, 2.05) is 27.7 Å². The molecule has 2 aromatic heterocycles. The van der Waals surface area contributed by atoms with E-state index in [2.05, 4.69) is 15.4 Å². The minimum absolute atomic E-state index is 0.0503. The molecule has 2 aromatic rings. The van der Waals surface area contributed by atoms with Gasteiger partial charge in [-0.3, -0.25) is 9.48 Å². The molecule has 0 atom stereocenters. The highest BCUT2D eigenvalue weighted by Crippen LogP contribution is 2.27. The van der Waals surface area contributed by atoms with E-state index in [0.29, 0.717) is 5.82 Å². The number of pyridine rings is 1. The minimum atomic E-state index is -4.53. The summed E-state index contributed by atoms with van der Waals surface area (Å²) in [5.74, 6) is -0.111. The third-order valence-electron chi connectivity index (χ3n) is 3.23. The Bertz CT molecular complexity index is 745. The number of nitrogens with one attached hydrogen (secondary N) is 1. The lowest BCUT2D eigenvalue weighted by Gasteiger charge is -2.21. The largest absolute Gasteiger partial charge is 0.433 e. The molecule has 0 aliphatic heterocycles. The molecular formula is C16H19F3N4O. The number of carbonyl (C=O) groups is 1. The number of amides is 1. The summed E-state index contributed by atoms with van der Waals surface area (Å²) in [5, 5.41) is 6.89. The number of rotatable bonds is 3. The van der Waals surface area contributed by atoms with Crippen LogP contribution in [0.15, 0.2) is 24.3 Å². The van der Waals surface area contributed by atoms with Gasteiger partial charge in [-0.1, -0.05) is 6.07 Å². The average molecular weight is 340 g/mol. The smallest absolute Gasteiger partial charge is 0.309 e. The van der Waals surface area contributed by atoms with E-state index in [1.54, 1.807) is 10.7 Å². The first-order valence-electron chi connectivity index (χ1n) is 7.37. The summed E-state index contributed by atoms with van der Waals surface area (Å²) in [4.78, 5) is 15.5. The first-order valence-corrected chi connectivity index (χ1v) is 7.37. The lowest BCUT2D eigenvalue weighted by molar-refractivity contribution is -0.141. The zero-order valence-electron chi connectivity index (χ0n) is 13.9. The van der Waals surface area contributed by atoms with Gasteiger partial charge in [-0.05, 0) is 39.8 Å². The molecular weight excluding hydrogens is 321 g/mol. The minimum Gasteiger partial charge on any atom is -0.309 e. The summed E-state index contributed by atoms with van der Waals surface area (Å²) in [7, 11) is 0. The van der Waals surface area contributed by atoms with Crippen molar-refractivity contribution in [1.29, 1.82) is 0 Å². The number of aryl methyl sites for hydroxylation is 1. The topological polar surface area (TPSA) is 59.8 Å². The fourth-order valence-electron chi connectivity index (χ4n) is 2.30. The maximum absolute atomic E-state index is 12.6. The molecule has 0 aromatic carbocycles. The predicted octanol–water partition coefficient (Wildman–Crippen LogP) is 3.54. The van der Waals surface area contributed by atoms with Crippen LogP contribution in [-0.2, 0) is 22.9 Å². The number of hydrogen-bond acceptors (Lipinski definition) is 3. The standard InChI is InChI=1S/C16H19F3N4O/c1-10-8-13(22-23(10)15(2,3)4)21-14(24)9-11-6-5-7-12(20-11)16(17,18)19/h5-8H,9H2,1-4H3,(H,21,22,24). The lowest BCUT2D eigenvalue weighted by atomic mass is 10.1. The SMILES string of the molecule is Cc1cc(NC(=O)Cc2cccc(C(F)(F)F)n2)nn1C(C)(C)C. The van der Waals surface area contributed by atoms with E-state index in [-0.39, 0.29) is 17.7 Å². The van der Waals surface area contributed by atoms with Crippen LogP contribution in [0.4, 0.5) is 19.0 Å². The van der Waals surface area contributed by atoms with Crippen LogP contribution in [0.25, 0.3) is 0 Å². The van der Waals surface area contributed by atoms with Crippen molar-refractivity contribution in [3.05, 3.63) is 41.3 Å². The van der Waals surface area contributed by atoms with E-state index in [1.165, 1.54) is 12.1 Å². The van der Waals surface area contributed by atoms with E-state index in [9.17, 15) is 18.0 Å². The predicted molar refractivity (Wildman–Crippen MR) is 83.5 cm³/mol. The molecule has 0 aliphatic carbocycles. The van der Waals surface area contributed by atoms with Crippen molar-refractivity contribution in [3.8, 4) is 0 Å². The van der Waals surface area contributed by atoms with Crippen molar-refractivity contribution in [2.75, 3.05) is 5.32 Å². The van der Waals surface area contributed by atoms with Crippen molar-refractivity contribution < 1.29 is 18.0 Å². The molecule has 0 radical (unpaired) electrons. The van der Waals surface area contributed by atoms with Crippen molar-refractivity contribution in [1.82, 2.24) is 14.8 Å². The molecule has 8 heteroatoms. The second-order valence-electron chi connectivity index (χ2n) is 6.49. The van der Waals surface area contributed by atoms with Crippen LogP contribution in [0, 0.1) is 6.92 Å². The average Bonchev–Trinajstić information content (AvgIpc) is 2.78. The van der Waals surface area contributed by atoms with Crippen LogP contribution in [0.2, 0.25) is 0 Å². The number of hydrogen-bond donors (Lipinski definition) is 1. The molecule has 0 saturated carbocycles. The molecule has 24 heavy (non-hydrogen) atoms. The Hall–Kier alpha value is -2.38. The molecule has 0 fully saturated rings. The maximum Gasteiger partial charge on any atom is 0.433 e. The third-order valence-corrected chi connectivity index (χ3v) is 3.23. The van der Waals surface area contributed by atoms with Gasteiger partial charge < -0.3 is 5.32 Å². The molecule has 1 N–H and O–H groups in total. The maximum atomic E-state index is 12.6. The van der Waals surface area contributed by atoms with Crippen LogP contribution >= 0.6 is 0 Å². The number of anilines is 1. The Kier molecular flexibility index (Phi) is 4.68. The summed E-state index contributed by atoms with van der Waals surface area (Å²) in [6.45, 7) is 7.80. The zero-order chi connectivity index (χ0) is 18.1. The number of carbonyl (C=O) groups excluding carboxylic acids is 1. The second-order valence-corrected chi connectivity index (χ2v) is 6.49. The molecule has 0 saturated heterocycles. The van der Waals surface area contributed by atoms with Gasteiger partial charge in [0.1, 0.15) is 5.69 Å². The van der Waals surface area contributed by atoms with Crippen molar-refractivity contribution in [3.63, 3.8) is 0 Å². The summed E-state index contributed by atoms with van der Waals surface area (Å²) in [5.41, 5.74) is -0.333. The van der Waals surface area contributed by atoms with Crippen molar-refractivity contribution >= 4 is 11.7 Å². The number of nitrogens with zero attached hydrogens (tertiary/aromatic N) is 3. The van der Waals surface area contributed by atoms with Gasteiger partial charge in [0.15, 0.2) is 5.82 Å². The van der Waals surface area contributed by atoms with Crippen LogP contribution in [0.5, 0.6) is 0 Å². The van der Waals surface area contributed by atoms with Gasteiger partial charge in [-0.15, -0.1) is 0 Å². The van der Waals surface area contributed by atoms with Crippen molar-refractivity contribution in [2.45, 2.75) is 45.8 Å². The molecule has 5 nitrogen and oxygen atoms in total. The van der Waals surface area contributed by atoms with Crippen LogP contribution in [0.1, 0.15) is 37.9 Å². The number of aromatic nitrogens is 3. The molecule has 2 rings (SSSR count). The normalized spacial score (nSPS) is 12.3. The summed E-state index contributed by atoms with van der Waals surface area (Å²) < 4.78 is 39.7. The highest BCUT2D eigenvalue weighted by Gasteiger charge is 2.32. The number of halogens is 3. The van der Waals surface area contributed by atoms with Gasteiger partial charge in [0.2, 0.25) is 5.91 Å². The Morgan fingerprint density at radius 1 is 1.25 bits per heavy atom. The molecule has 1 amide bonds. The van der Waals surface area contributed by atoms with Gasteiger partial charge in [-0.25, -0.2) is 4.98 Å². The van der Waals surface area contributed by atoms with Gasteiger partial charge in [-0.2, -0.15) is 18.3 Å². The molecule has 130 valence electrons. The number of alkyl halides is 3. The lowest BCUT2D eigenvalue weighted by Crippen LogP contribution is -2.24. The molecule has 0 bridgehead atoms. The van der Waals surface area contributed by atoms with E-state index < -0.39 is 17.8 Å². The van der Waals surface area contributed by atoms with E-state index in [4.69, 9.17) is 0 Å². The second kappa shape index (κ2) is 6.26. The van der Waals surface area contributed by atoms with Gasteiger partial charge >= 0.3 is 6.18 Å². The molecule has 2 heterocycles. The monoisotopic (exact) mass is 340 g/mol. The molecule has 0 aliphatic rings. The van der Waals surface area contributed by atoms with Crippen LogP contribution in [0.3, 0.4) is 0 Å².